The van der Waals surface area contributed by atoms with Crippen molar-refractivity contribution in [2.24, 2.45) is 0 Å². The fourth-order valence-corrected chi connectivity index (χ4v) is 5.02. The first-order chi connectivity index (χ1) is 18.6. The number of benzene rings is 2. The van der Waals surface area contributed by atoms with Crippen molar-refractivity contribution in [3.63, 3.8) is 0 Å². The smallest absolute Gasteiger partial charge is 0.322 e. The van der Waals surface area contributed by atoms with Crippen LogP contribution in [0.5, 0.6) is 0 Å². The fraction of sp³-hybridized carbons (Fsp3) is 0.345. The SMILES string of the molecule is Cc1ccc(C(=O)Nc2ccc(CN3CCN(C(C)C)CC3)c(C(F)(F)F)c2)cc1-c1cnc2cnccn12. The number of nitrogens with one attached hydrogen (secondary N) is 1. The molecular formula is C29H31F3N6O. The Morgan fingerprint density at radius 1 is 1.05 bits per heavy atom. The Hall–Kier alpha value is -3.76. The van der Waals surface area contributed by atoms with E-state index in [9.17, 15) is 18.0 Å². The second-order valence-corrected chi connectivity index (χ2v) is 10.2. The van der Waals surface area contributed by atoms with Gasteiger partial charge in [0.15, 0.2) is 5.65 Å². The third-order valence-corrected chi connectivity index (χ3v) is 7.30. The fourth-order valence-electron chi connectivity index (χ4n) is 5.02. The molecule has 0 saturated carbocycles. The van der Waals surface area contributed by atoms with Crippen molar-refractivity contribution < 1.29 is 18.0 Å². The van der Waals surface area contributed by atoms with E-state index in [1.54, 1.807) is 43.0 Å². The van der Waals surface area contributed by atoms with Gasteiger partial charge in [-0.25, -0.2) is 4.98 Å². The van der Waals surface area contributed by atoms with Crippen molar-refractivity contribution in [2.75, 3.05) is 31.5 Å². The lowest BCUT2D eigenvalue weighted by Crippen LogP contribution is -2.48. The second kappa shape index (κ2) is 10.8. The van der Waals surface area contributed by atoms with Gasteiger partial charge >= 0.3 is 6.18 Å². The zero-order valence-corrected chi connectivity index (χ0v) is 22.2. The first kappa shape index (κ1) is 26.8. The van der Waals surface area contributed by atoms with Gasteiger partial charge in [0.25, 0.3) is 5.91 Å². The number of hydrogen-bond acceptors (Lipinski definition) is 5. The molecule has 7 nitrogen and oxygen atoms in total. The van der Waals surface area contributed by atoms with Gasteiger partial charge in [-0.05, 0) is 56.2 Å². The largest absolute Gasteiger partial charge is 0.416 e. The van der Waals surface area contributed by atoms with Gasteiger partial charge in [-0.1, -0.05) is 12.1 Å². The average molecular weight is 537 g/mol. The third-order valence-electron chi connectivity index (χ3n) is 7.30. The first-order valence-corrected chi connectivity index (χ1v) is 13.0. The Balaban J connectivity index is 1.36. The highest BCUT2D eigenvalue weighted by Gasteiger charge is 2.34. The minimum atomic E-state index is -4.54. The van der Waals surface area contributed by atoms with Crippen LogP contribution < -0.4 is 5.32 Å². The number of anilines is 1. The molecule has 1 aliphatic rings. The van der Waals surface area contributed by atoms with Crippen molar-refractivity contribution in [3.8, 4) is 11.3 Å². The molecule has 0 unspecified atom stereocenters. The Labute approximate surface area is 225 Å². The van der Waals surface area contributed by atoms with Crippen LogP contribution in [-0.4, -0.2) is 62.3 Å². The maximum Gasteiger partial charge on any atom is 0.416 e. The molecule has 0 aliphatic carbocycles. The number of carbonyl (C=O) groups excluding carboxylic acids is 1. The van der Waals surface area contributed by atoms with Crippen LogP contribution in [0.3, 0.4) is 0 Å². The molecule has 0 radical (unpaired) electrons. The van der Waals surface area contributed by atoms with Gasteiger partial charge in [0.1, 0.15) is 0 Å². The Bertz CT molecular complexity index is 1490. The number of alkyl halides is 3. The molecule has 1 saturated heterocycles. The molecule has 0 atom stereocenters. The summed E-state index contributed by atoms with van der Waals surface area (Å²) in [6, 6.07) is 9.67. The van der Waals surface area contributed by atoms with Gasteiger partial charge in [0.2, 0.25) is 0 Å². The van der Waals surface area contributed by atoms with E-state index in [4.69, 9.17) is 0 Å². The van der Waals surface area contributed by atoms with Crippen LogP contribution in [0.2, 0.25) is 0 Å². The molecule has 1 aliphatic heterocycles. The zero-order chi connectivity index (χ0) is 27.7. The van der Waals surface area contributed by atoms with E-state index >= 15 is 0 Å². The van der Waals surface area contributed by atoms with E-state index in [1.807, 2.05) is 22.3 Å². The number of aryl methyl sites for hydroxylation is 1. The summed E-state index contributed by atoms with van der Waals surface area (Å²) in [5.41, 5.74) is 3.10. The number of nitrogens with zero attached hydrogens (tertiary/aromatic N) is 5. The van der Waals surface area contributed by atoms with Crippen LogP contribution in [0.4, 0.5) is 18.9 Å². The normalized spacial score (nSPS) is 15.3. The number of fused-ring (bicyclic) bond motifs is 1. The van der Waals surface area contributed by atoms with E-state index in [2.05, 4.69) is 34.0 Å². The molecule has 10 heteroatoms. The number of piperazine rings is 1. The van der Waals surface area contributed by atoms with Crippen LogP contribution in [0.1, 0.15) is 40.9 Å². The van der Waals surface area contributed by atoms with Gasteiger partial charge in [-0.2, -0.15) is 13.2 Å². The minimum Gasteiger partial charge on any atom is -0.322 e. The Morgan fingerprint density at radius 2 is 1.82 bits per heavy atom. The first-order valence-electron chi connectivity index (χ1n) is 13.0. The number of imidazole rings is 1. The summed E-state index contributed by atoms with van der Waals surface area (Å²) in [6.07, 6.45) is 2.25. The van der Waals surface area contributed by atoms with E-state index < -0.39 is 17.6 Å². The van der Waals surface area contributed by atoms with E-state index in [-0.39, 0.29) is 17.8 Å². The van der Waals surface area contributed by atoms with Gasteiger partial charge in [-0.15, -0.1) is 0 Å². The highest BCUT2D eigenvalue weighted by Crippen LogP contribution is 2.35. The topological polar surface area (TPSA) is 65.8 Å². The summed E-state index contributed by atoms with van der Waals surface area (Å²) in [5, 5.41) is 2.66. The van der Waals surface area contributed by atoms with E-state index in [1.165, 1.54) is 6.07 Å². The standard InChI is InChI=1S/C29H31F3N6O/c1-19(2)37-12-10-36(11-13-37)18-22-6-7-23(15-25(22)29(30,31)32)35-28(39)21-5-4-20(3)24(14-21)26-16-34-27-17-33-8-9-38(26)27/h4-9,14-17,19H,10-13,18H2,1-3H3,(H,35,39). The van der Waals surface area contributed by atoms with E-state index in [0.29, 0.717) is 30.3 Å². The highest BCUT2D eigenvalue weighted by molar-refractivity contribution is 6.05. The zero-order valence-electron chi connectivity index (χ0n) is 22.2. The van der Waals surface area contributed by atoms with Crippen molar-refractivity contribution in [3.05, 3.63) is 83.4 Å². The lowest BCUT2D eigenvalue weighted by atomic mass is 10.0. The molecular weight excluding hydrogens is 505 g/mol. The molecule has 4 aromatic rings. The quantitative estimate of drug-likeness (QED) is 0.353. The number of amides is 1. The van der Waals surface area contributed by atoms with Gasteiger partial charge in [0, 0.05) is 68.0 Å². The maximum atomic E-state index is 14.0. The molecule has 2 aromatic carbocycles. The lowest BCUT2D eigenvalue weighted by Gasteiger charge is -2.37. The molecule has 0 spiro atoms. The lowest BCUT2D eigenvalue weighted by molar-refractivity contribution is -0.138. The molecule has 2 aromatic heterocycles. The minimum absolute atomic E-state index is 0.101. The molecule has 1 N–H and O–H groups in total. The van der Waals surface area contributed by atoms with Crippen molar-refractivity contribution >= 4 is 17.2 Å². The predicted octanol–water partition coefficient (Wildman–Crippen LogP) is 5.50. The predicted molar refractivity (Wildman–Crippen MR) is 145 cm³/mol. The van der Waals surface area contributed by atoms with Crippen LogP contribution >= 0.6 is 0 Å². The molecule has 3 heterocycles. The summed E-state index contributed by atoms with van der Waals surface area (Å²) in [6.45, 7) is 9.48. The Kier molecular flexibility index (Phi) is 7.42. The summed E-state index contributed by atoms with van der Waals surface area (Å²) in [7, 11) is 0. The number of hydrogen-bond donors (Lipinski definition) is 1. The average Bonchev–Trinajstić information content (AvgIpc) is 3.33. The number of halogens is 3. The molecule has 39 heavy (non-hydrogen) atoms. The van der Waals surface area contributed by atoms with Crippen molar-refractivity contribution in [2.45, 2.75) is 39.5 Å². The summed E-state index contributed by atoms with van der Waals surface area (Å²) in [5.74, 6) is -0.489. The molecule has 0 bridgehead atoms. The second-order valence-electron chi connectivity index (χ2n) is 10.2. The molecule has 204 valence electrons. The highest BCUT2D eigenvalue weighted by atomic mass is 19.4. The maximum absolute atomic E-state index is 14.0. The molecule has 1 fully saturated rings. The van der Waals surface area contributed by atoms with Crippen LogP contribution in [0.15, 0.2) is 61.2 Å². The van der Waals surface area contributed by atoms with Gasteiger partial charge < -0.3 is 5.32 Å². The Morgan fingerprint density at radius 3 is 2.54 bits per heavy atom. The van der Waals surface area contributed by atoms with Crippen LogP contribution in [0, 0.1) is 6.92 Å². The number of carbonyl (C=O) groups is 1. The number of rotatable bonds is 6. The van der Waals surface area contributed by atoms with Crippen molar-refractivity contribution in [1.29, 1.82) is 0 Å². The summed E-state index contributed by atoms with van der Waals surface area (Å²) in [4.78, 5) is 25.9. The van der Waals surface area contributed by atoms with Gasteiger partial charge in [0.05, 0.1) is 23.7 Å². The monoisotopic (exact) mass is 536 g/mol. The van der Waals surface area contributed by atoms with Crippen LogP contribution in [0.25, 0.3) is 16.9 Å². The van der Waals surface area contributed by atoms with Gasteiger partial charge in [-0.3, -0.25) is 24.0 Å². The summed E-state index contributed by atoms with van der Waals surface area (Å²) >= 11 is 0. The van der Waals surface area contributed by atoms with Crippen molar-refractivity contribution in [1.82, 2.24) is 24.2 Å². The summed E-state index contributed by atoms with van der Waals surface area (Å²) < 4.78 is 44.0. The molecule has 1 amide bonds. The number of aromatic nitrogens is 3. The molecule has 5 rings (SSSR count). The van der Waals surface area contributed by atoms with E-state index in [0.717, 1.165) is 36.0 Å². The third kappa shape index (κ3) is 5.81. The van der Waals surface area contributed by atoms with Crippen LogP contribution in [-0.2, 0) is 12.7 Å².